The lowest BCUT2D eigenvalue weighted by Gasteiger charge is -2.32. The molecule has 28 heavy (non-hydrogen) atoms. The van der Waals surface area contributed by atoms with E-state index in [0.717, 1.165) is 36.1 Å². The summed E-state index contributed by atoms with van der Waals surface area (Å²) in [4.78, 5) is 2.56. The van der Waals surface area contributed by atoms with Crippen molar-refractivity contribution in [2.45, 2.75) is 19.3 Å². The molecular weight excluding hydrogens is 344 g/mol. The molecular formula is C24H28N4. The van der Waals surface area contributed by atoms with Gasteiger partial charge < -0.3 is 10.2 Å². The summed E-state index contributed by atoms with van der Waals surface area (Å²) < 4.78 is 0. The number of nitrogens with zero attached hydrogens (tertiary/aromatic N) is 3. The standard InChI is InChI=1S/C24H28N4/c1-3-7-20(8-4-1)19-21-13-16-28(17-14-21)18-15-25-24-12-11-23(26-27-24)22-9-5-2-6-10-22/h1-12,21H,13-19H2,(H,25,27). The first-order valence-electron chi connectivity index (χ1n) is 10.3. The van der Waals surface area contributed by atoms with Gasteiger partial charge in [0.1, 0.15) is 5.82 Å². The van der Waals surface area contributed by atoms with Crippen molar-refractivity contribution in [3.8, 4) is 11.3 Å². The molecule has 4 rings (SSSR count). The maximum atomic E-state index is 4.34. The van der Waals surface area contributed by atoms with Crippen LogP contribution in [0.2, 0.25) is 0 Å². The summed E-state index contributed by atoms with van der Waals surface area (Å²) in [6.45, 7) is 4.35. The van der Waals surface area contributed by atoms with Crippen molar-refractivity contribution >= 4 is 5.82 Å². The van der Waals surface area contributed by atoms with Gasteiger partial charge in [0.15, 0.2) is 0 Å². The van der Waals surface area contributed by atoms with E-state index >= 15 is 0 Å². The van der Waals surface area contributed by atoms with Gasteiger partial charge in [-0.15, -0.1) is 10.2 Å². The van der Waals surface area contributed by atoms with Crippen LogP contribution in [0.15, 0.2) is 72.8 Å². The van der Waals surface area contributed by atoms with E-state index in [1.165, 1.54) is 37.9 Å². The molecule has 2 aromatic carbocycles. The van der Waals surface area contributed by atoms with E-state index in [9.17, 15) is 0 Å². The molecule has 0 atom stereocenters. The molecule has 0 saturated carbocycles. The summed E-state index contributed by atoms with van der Waals surface area (Å²) in [6.07, 6.45) is 3.80. The first-order chi connectivity index (χ1) is 13.9. The smallest absolute Gasteiger partial charge is 0.148 e. The average Bonchev–Trinajstić information content (AvgIpc) is 2.77. The molecule has 1 aromatic heterocycles. The number of hydrogen-bond donors (Lipinski definition) is 1. The number of hydrogen-bond acceptors (Lipinski definition) is 4. The molecule has 1 N–H and O–H groups in total. The van der Waals surface area contributed by atoms with Crippen LogP contribution in [-0.4, -0.2) is 41.3 Å². The normalized spacial score (nSPS) is 15.4. The number of aromatic nitrogens is 2. The Morgan fingerprint density at radius 1 is 0.821 bits per heavy atom. The predicted molar refractivity (Wildman–Crippen MR) is 115 cm³/mol. The fraction of sp³-hybridized carbons (Fsp3) is 0.333. The van der Waals surface area contributed by atoms with Gasteiger partial charge in [-0.25, -0.2) is 0 Å². The second kappa shape index (κ2) is 9.47. The van der Waals surface area contributed by atoms with Crippen LogP contribution < -0.4 is 5.32 Å². The lowest BCUT2D eigenvalue weighted by Crippen LogP contribution is -2.37. The van der Waals surface area contributed by atoms with Crippen molar-refractivity contribution in [1.82, 2.24) is 15.1 Å². The summed E-state index contributed by atoms with van der Waals surface area (Å²) >= 11 is 0. The van der Waals surface area contributed by atoms with Crippen molar-refractivity contribution < 1.29 is 0 Å². The molecule has 3 aromatic rings. The Hall–Kier alpha value is -2.72. The van der Waals surface area contributed by atoms with E-state index in [-0.39, 0.29) is 0 Å². The Morgan fingerprint density at radius 2 is 1.54 bits per heavy atom. The molecule has 0 amide bonds. The molecule has 4 heteroatoms. The van der Waals surface area contributed by atoms with E-state index < -0.39 is 0 Å². The lowest BCUT2D eigenvalue weighted by atomic mass is 9.90. The number of rotatable bonds is 7. The molecule has 0 bridgehead atoms. The fourth-order valence-corrected chi connectivity index (χ4v) is 3.89. The van der Waals surface area contributed by atoms with Crippen LogP contribution in [0.5, 0.6) is 0 Å². The van der Waals surface area contributed by atoms with Crippen molar-refractivity contribution in [1.29, 1.82) is 0 Å². The third-order valence-corrected chi connectivity index (χ3v) is 5.54. The van der Waals surface area contributed by atoms with Gasteiger partial charge in [0.2, 0.25) is 0 Å². The Morgan fingerprint density at radius 3 is 2.21 bits per heavy atom. The van der Waals surface area contributed by atoms with Gasteiger partial charge in [0.25, 0.3) is 0 Å². The zero-order valence-corrected chi connectivity index (χ0v) is 16.3. The number of benzene rings is 2. The van der Waals surface area contributed by atoms with Crippen molar-refractivity contribution in [3.63, 3.8) is 0 Å². The largest absolute Gasteiger partial charge is 0.367 e. The minimum Gasteiger partial charge on any atom is -0.367 e. The molecule has 2 heterocycles. The average molecular weight is 373 g/mol. The SMILES string of the molecule is c1ccc(CC2CCN(CCNc3ccc(-c4ccccc4)nn3)CC2)cc1. The highest BCUT2D eigenvalue weighted by atomic mass is 15.2. The number of piperidine rings is 1. The topological polar surface area (TPSA) is 41.0 Å². The minimum atomic E-state index is 0.822. The maximum Gasteiger partial charge on any atom is 0.148 e. The fourth-order valence-electron chi connectivity index (χ4n) is 3.89. The summed E-state index contributed by atoms with van der Waals surface area (Å²) in [7, 11) is 0. The molecule has 4 nitrogen and oxygen atoms in total. The number of anilines is 1. The van der Waals surface area contributed by atoms with Crippen LogP contribution in [-0.2, 0) is 6.42 Å². The van der Waals surface area contributed by atoms with Crippen LogP contribution in [0.25, 0.3) is 11.3 Å². The Labute approximate surface area is 167 Å². The van der Waals surface area contributed by atoms with Crippen molar-refractivity contribution in [2.24, 2.45) is 5.92 Å². The molecule has 0 unspecified atom stereocenters. The molecule has 1 aliphatic heterocycles. The van der Waals surface area contributed by atoms with Gasteiger partial charge in [0.05, 0.1) is 5.69 Å². The minimum absolute atomic E-state index is 0.822. The van der Waals surface area contributed by atoms with Gasteiger partial charge in [0, 0.05) is 18.7 Å². The number of nitrogens with one attached hydrogen (secondary N) is 1. The maximum absolute atomic E-state index is 4.34. The zero-order valence-electron chi connectivity index (χ0n) is 16.3. The summed E-state index contributed by atoms with van der Waals surface area (Å²) in [5.74, 6) is 1.67. The first-order valence-corrected chi connectivity index (χ1v) is 10.3. The second-order valence-electron chi connectivity index (χ2n) is 7.57. The second-order valence-corrected chi connectivity index (χ2v) is 7.57. The predicted octanol–water partition coefficient (Wildman–Crippen LogP) is 4.51. The van der Waals surface area contributed by atoms with Crippen LogP contribution in [0, 0.1) is 5.92 Å². The summed E-state index contributed by atoms with van der Waals surface area (Å²) in [5, 5.41) is 12.1. The Kier molecular flexibility index (Phi) is 6.30. The highest BCUT2D eigenvalue weighted by molar-refractivity contribution is 5.59. The van der Waals surface area contributed by atoms with Crippen LogP contribution >= 0.6 is 0 Å². The van der Waals surface area contributed by atoms with E-state index in [1.54, 1.807) is 0 Å². The summed E-state index contributed by atoms with van der Waals surface area (Å²) in [6, 6.07) is 25.1. The van der Waals surface area contributed by atoms with Crippen molar-refractivity contribution in [3.05, 3.63) is 78.4 Å². The molecule has 1 saturated heterocycles. The van der Waals surface area contributed by atoms with Gasteiger partial charge in [-0.2, -0.15) is 0 Å². The van der Waals surface area contributed by atoms with E-state index in [4.69, 9.17) is 0 Å². The summed E-state index contributed by atoms with van der Waals surface area (Å²) in [5.41, 5.74) is 3.48. The van der Waals surface area contributed by atoms with Gasteiger partial charge in [-0.05, 0) is 56.0 Å². The lowest BCUT2D eigenvalue weighted by molar-refractivity contribution is 0.190. The Bertz CT molecular complexity index is 825. The van der Waals surface area contributed by atoms with Crippen LogP contribution in [0.4, 0.5) is 5.82 Å². The molecule has 0 radical (unpaired) electrons. The Balaban J connectivity index is 1.18. The van der Waals surface area contributed by atoms with Gasteiger partial charge in [-0.1, -0.05) is 60.7 Å². The highest BCUT2D eigenvalue weighted by Crippen LogP contribution is 2.21. The third-order valence-electron chi connectivity index (χ3n) is 5.54. The van der Waals surface area contributed by atoms with E-state index in [1.807, 2.05) is 30.3 Å². The zero-order chi connectivity index (χ0) is 19.0. The van der Waals surface area contributed by atoms with Crippen LogP contribution in [0.3, 0.4) is 0 Å². The van der Waals surface area contributed by atoms with Crippen molar-refractivity contribution in [2.75, 3.05) is 31.5 Å². The molecule has 0 spiro atoms. The highest BCUT2D eigenvalue weighted by Gasteiger charge is 2.19. The number of likely N-dealkylation sites (tertiary alicyclic amines) is 1. The molecule has 1 fully saturated rings. The molecule has 1 aliphatic rings. The van der Waals surface area contributed by atoms with E-state index in [2.05, 4.69) is 62.9 Å². The van der Waals surface area contributed by atoms with E-state index in [0.29, 0.717) is 0 Å². The monoisotopic (exact) mass is 372 g/mol. The first kappa shape index (κ1) is 18.6. The quantitative estimate of drug-likeness (QED) is 0.662. The molecule has 144 valence electrons. The molecule has 0 aliphatic carbocycles. The van der Waals surface area contributed by atoms with Gasteiger partial charge in [-0.3, -0.25) is 0 Å². The van der Waals surface area contributed by atoms with Crippen LogP contribution in [0.1, 0.15) is 18.4 Å². The third kappa shape index (κ3) is 5.17. The van der Waals surface area contributed by atoms with Gasteiger partial charge >= 0.3 is 0 Å².